The first-order valence-electron chi connectivity index (χ1n) is 11.4. The predicted octanol–water partition coefficient (Wildman–Crippen LogP) is 7.83. The summed E-state index contributed by atoms with van der Waals surface area (Å²) in [4.78, 5) is 6.33. The van der Waals surface area contributed by atoms with Crippen molar-refractivity contribution < 1.29 is 13.9 Å². The van der Waals surface area contributed by atoms with Gasteiger partial charge in [0.1, 0.15) is 5.75 Å². The second-order valence-corrected chi connectivity index (χ2v) is 8.06. The first-order chi connectivity index (χ1) is 15.5. The molecular formula is C26H32ClFN2O2. The van der Waals surface area contributed by atoms with Gasteiger partial charge in [0.2, 0.25) is 0 Å². The molecule has 32 heavy (non-hydrogen) atoms. The smallest absolute Gasteiger partial charge is 0.167 e. The molecule has 0 saturated carbocycles. The van der Waals surface area contributed by atoms with Gasteiger partial charge in [-0.05, 0) is 56.0 Å². The zero-order valence-corrected chi connectivity index (χ0v) is 20.0. The number of aromatic nitrogens is 2. The number of aryl methyl sites for hydroxylation is 2. The molecule has 0 aliphatic rings. The van der Waals surface area contributed by atoms with Crippen molar-refractivity contribution in [1.29, 1.82) is 0 Å². The van der Waals surface area contributed by atoms with Gasteiger partial charge in [-0.1, -0.05) is 38.3 Å². The Morgan fingerprint density at radius 2 is 1.25 bits per heavy atom. The summed E-state index contributed by atoms with van der Waals surface area (Å²) in [6.45, 7) is 9.25. The number of H-pyrrole nitrogens is 2. The van der Waals surface area contributed by atoms with Gasteiger partial charge in [0.25, 0.3) is 0 Å². The van der Waals surface area contributed by atoms with Crippen molar-refractivity contribution >= 4 is 33.4 Å². The average molecular weight is 459 g/mol. The first-order valence-corrected chi connectivity index (χ1v) is 11.7. The Hall–Kier alpha value is -2.66. The fourth-order valence-corrected chi connectivity index (χ4v) is 4.06. The fourth-order valence-electron chi connectivity index (χ4n) is 3.85. The van der Waals surface area contributed by atoms with Crippen molar-refractivity contribution in [2.45, 2.75) is 53.4 Å². The predicted molar refractivity (Wildman–Crippen MR) is 132 cm³/mol. The molecule has 2 heterocycles. The van der Waals surface area contributed by atoms with Crippen LogP contribution >= 0.6 is 11.6 Å². The lowest BCUT2D eigenvalue weighted by Crippen LogP contribution is -1.94. The van der Waals surface area contributed by atoms with Crippen molar-refractivity contribution in [1.82, 2.24) is 9.97 Å². The number of aromatic amines is 2. The standard InChI is InChI=1S/C13H16ClNO.C13H16FNO/c2*1-3-5-9-8-15-12-7-11(14)13(16-4-2)6-10(9)12/h2*6-8,15H,3-5H2,1-2H3. The molecule has 0 saturated heterocycles. The maximum atomic E-state index is 13.6. The highest BCUT2D eigenvalue weighted by atomic mass is 35.5. The molecule has 4 aromatic rings. The third kappa shape index (κ3) is 5.39. The molecule has 4 nitrogen and oxygen atoms in total. The summed E-state index contributed by atoms with van der Waals surface area (Å²) in [6.07, 6.45) is 8.29. The topological polar surface area (TPSA) is 50.0 Å². The van der Waals surface area contributed by atoms with E-state index < -0.39 is 0 Å². The molecule has 0 spiro atoms. The molecule has 2 aromatic heterocycles. The maximum absolute atomic E-state index is 13.6. The Morgan fingerprint density at radius 1 is 0.750 bits per heavy atom. The quantitative estimate of drug-likeness (QED) is 0.282. The van der Waals surface area contributed by atoms with Gasteiger partial charge in [0, 0.05) is 40.3 Å². The molecule has 0 bridgehead atoms. The minimum atomic E-state index is -0.306. The van der Waals surface area contributed by atoms with E-state index >= 15 is 0 Å². The van der Waals surface area contributed by atoms with Crippen molar-refractivity contribution in [3.05, 3.63) is 58.6 Å². The summed E-state index contributed by atoms with van der Waals surface area (Å²) in [5, 5.41) is 2.95. The van der Waals surface area contributed by atoms with Crippen LogP contribution < -0.4 is 9.47 Å². The van der Waals surface area contributed by atoms with Crippen LogP contribution in [0.5, 0.6) is 11.5 Å². The summed E-state index contributed by atoms with van der Waals surface area (Å²) >= 11 is 6.12. The van der Waals surface area contributed by atoms with Gasteiger partial charge < -0.3 is 19.4 Å². The van der Waals surface area contributed by atoms with Crippen molar-refractivity contribution in [2.24, 2.45) is 0 Å². The molecule has 0 aliphatic heterocycles. The zero-order chi connectivity index (χ0) is 23.1. The van der Waals surface area contributed by atoms with E-state index in [1.165, 1.54) is 22.6 Å². The van der Waals surface area contributed by atoms with Gasteiger partial charge in [0.15, 0.2) is 11.6 Å². The fraction of sp³-hybridized carbons (Fsp3) is 0.385. The lowest BCUT2D eigenvalue weighted by atomic mass is 10.1. The van der Waals surface area contributed by atoms with Crippen LogP contribution in [0.15, 0.2) is 36.7 Å². The Labute approximate surface area is 194 Å². The second kappa shape index (κ2) is 11.3. The van der Waals surface area contributed by atoms with Gasteiger partial charge in [0.05, 0.1) is 18.2 Å². The van der Waals surface area contributed by atoms with Crippen LogP contribution in [0.2, 0.25) is 5.02 Å². The molecule has 6 heteroatoms. The van der Waals surface area contributed by atoms with E-state index in [-0.39, 0.29) is 5.82 Å². The number of hydrogen-bond acceptors (Lipinski definition) is 2. The Morgan fingerprint density at radius 3 is 1.78 bits per heavy atom. The Bertz CT molecular complexity index is 1070. The van der Waals surface area contributed by atoms with E-state index in [0.29, 0.717) is 24.0 Å². The lowest BCUT2D eigenvalue weighted by molar-refractivity contribution is 0.322. The third-order valence-corrected chi connectivity index (χ3v) is 5.57. The molecule has 0 radical (unpaired) electrons. The molecule has 0 amide bonds. The average Bonchev–Trinajstić information content (AvgIpc) is 3.34. The van der Waals surface area contributed by atoms with Gasteiger partial charge in [-0.15, -0.1) is 0 Å². The Kier molecular flexibility index (Phi) is 8.46. The van der Waals surface area contributed by atoms with E-state index in [1.54, 1.807) is 6.07 Å². The maximum Gasteiger partial charge on any atom is 0.167 e. The van der Waals surface area contributed by atoms with Crippen LogP contribution in [0.3, 0.4) is 0 Å². The largest absolute Gasteiger partial charge is 0.492 e. The zero-order valence-electron chi connectivity index (χ0n) is 19.3. The molecule has 2 N–H and O–H groups in total. The van der Waals surface area contributed by atoms with E-state index in [4.69, 9.17) is 21.1 Å². The normalized spacial score (nSPS) is 10.9. The van der Waals surface area contributed by atoms with Crippen molar-refractivity contribution in [3.63, 3.8) is 0 Å². The third-order valence-electron chi connectivity index (χ3n) is 5.28. The van der Waals surface area contributed by atoms with Crippen LogP contribution in [-0.4, -0.2) is 23.2 Å². The van der Waals surface area contributed by atoms with Crippen LogP contribution in [-0.2, 0) is 12.8 Å². The molecule has 0 fully saturated rings. The van der Waals surface area contributed by atoms with Crippen LogP contribution in [0.25, 0.3) is 21.8 Å². The van der Waals surface area contributed by atoms with Gasteiger partial charge in [-0.2, -0.15) is 0 Å². The lowest BCUT2D eigenvalue weighted by Gasteiger charge is -2.06. The summed E-state index contributed by atoms with van der Waals surface area (Å²) in [5.74, 6) is 0.805. The summed E-state index contributed by atoms with van der Waals surface area (Å²) < 4.78 is 24.3. The summed E-state index contributed by atoms with van der Waals surface area (Å²) in [6, 6.07) is 7.25. The molecular weight excluding hydrogens is 427 g/mol. The van der Waals surface area contributed by atoms with Gasteiger partial charge >= 0.3 is 0 Å². The van der Waals surface area contributed by atoms with Crippen LogP contribution in [0.1, 0.15) is 51.7 Å². The number of hydrogen-bond donors (Lipinski definition) is 2. The molecule has 4 rings (SSSR count). The van der Waals surface area contributed by atoms with Crippen molar-refractivity contribution in [2.75, 3.05) is 13.2 Å². The van der Waals surface area contributed by atoms with Gasteiger partial charge in [-0.25, -0.2) is 4.39 Å². The highest BCUT2D eigenvalue weighted by Crippen LogP contribution is 2.32. The first kappa shape index (κ1) is 24.0. The Balaban J connectivity index is 0.000000181. The molecule has 2 aromatic carbocycles. The number of ether oxygens (including phenoxy) is 2. The molecule has 0 atom stereocenters. The summed E-state index contributed by atoms with van der Waals surface area (Å²) in [5.41, 5.74) is 4.47. The van der Waals surface area contributed by atoms with Crippen LogP contribution in [0.4, 0.5) is 4.39 Å². The van der Waals surface area contributed by atoms with E-state index in [0.717, 1.165) is 47.9 Å². The van der Waals surface area contributed by atoms with Crippen LogP contribution in [0, 0.1) is 5.82 Å². The summed E-state index contributed by atoms with van der Waals surface area (Å²) in [7, 11) is 0. The highest BCUT2D eigenvalue weighted by Gasteiger charge is 2.10. The van der Waals surface area contributed by atoms with E-state index in [9.17, 15) is 4.39 Å². The van der Waals surface area contributed by atoms with E-state index in [1.807, 2.05) is 32.2 Å². The number of fused-ring (bicyclic) bond motifs is 2. The number of nitrogens with one attached hydrogen (secondary N) is 2. The second-order valence-electron chi connectivity index (χ2n) is 7.65. The highest BCUT2D eigenvalue weighted by molar-refractivity contribution is 6.32. The molecule has 172 valence electrons. The van der Waals surface area contributed by atoms with Gasteiger partial charge in [-0.3, -0.25) is 0 Å². The minimum absolute atomic E-state index is 0.306. The molecule has 0 unspecified atom stereocenters. The number of benzene rings is 2. The minimum Gasteiger partial charge on any atom is -0.492 e. The number of rotatable bonds is 8. The van der Waals surface area contributed by atoms with E-state index in [2.05, 4.69) is 30.0 Å². The number of halogens is 2. The van der Waals surface area contributed by atoms with Crippen molar-refractivity contribution in [3.8, 4) is 11.5 Å². The SMILES string of the molecule is CCCc1c[nH]c2cc(Cl)c(OCC)cc12.CCCc1c[nH]c2cc(F)c(OCC)cc12. The molecule has 0 aliphatic carbocycles. The monoisotopic (exact) mass is 458 g/mol.